The molecule has 1 aliphatic heterocycles. The van der Waals surface area contributed by atoms with Crippen molar-refractivity contribution in [3.8, 4) is 0 Å². The molecule has 1 aliphatic carbocycles. The number of halogens is 1. The molecular formula is C14H19FN2O. The zero-order valence-electron chi connectivity index (χ0n) is 10.7. The predicted octanol–water partition coefficient (Wildman–Crippen LogP) is 2.08. The van der Waals surface area contributed by atoms with Crippen molar-refractivity contribution in [2.75, 3.05) is 20.1 Å². The monoisotopic (exact) mass is 250 g/mol. The van der Waals surface area contributed by atoms with Crippen LogP contribution in [0.2, 0.25) is 0 Å². The topological polar surface area (TPSA) is 25.4 Å². The van der Waals surface area contributed by atoms with Gasteiger partial charge in [0.15, 0.2) is 0 Å². The van der Waals surface area contributed by atoms with Crippen LogP contribution in [-0.4, -0.2) is 36.1 Å². The van der Waals surface area contributed by atoms with E-state index in [2.05, 4.69) is 16.9 Å². The summed E-state index contributed by atoms with van der Waals surface area (Å²) in [5, 5.41) is 0. The molecule has 3 rings (SSSR count). The molecule has 2 heterocycles. The fourth-order valence-corrected chi connectivity index (χ4v) is 3.36. The molecule has 2 bridgehead atoms. The molecule has 4 heteroatoms. The third-order valence-electron chi connectivity index (χ3n) is 4.16. The van der Waals surface area contributed by atoms with Crippen molar-refractivity contribution >= 4 is 0 Å². The lowest BCUT2D eigenvalue weighted by atomic mass is 9.95. The molecule has 98 valence electrons. The Kier molecular flexibility index (Phi) is 3.31. The van der Waals surface area contributed by atoms with Crippen LogP contribution < -0.4 is 0 Å². The Balaban J connectivity index is 1.59. The molecule has 18 heavy (non-hydrogen) atoms. The highest BCUT2D eigenvalue weighted by atomic mass is 19.1. The van der Waals surface area contributed by atoms with Crippen LogP contribution in [0.25, 0.3) is 0 Å². The van der Waals surface area contributed by atoms with E-state index in [1.165, 1.54) is 18.9 Å². The zero-order chi connectivity index (χ0) is 12.5. The van der Waals surface area contributed by atoms with E-state index >= 15 is 0 Å². The molecule has 1 aromatic heterocycles. The van der Waals surface area contributed by atoms with Gasteiger partial charge < -0.3 is 9.64 Å². The Hall–Kier alpha value is -1.00. The maximum absolute atomic E-state index is 12.7. The van der Waals surface area contributed by atoms with Crippen molar-refractivity contribution in [1.82, 2.24) is 9.88 Å². The van der Waals surface area contributed by atoms with Gasteiger partial charge in [-0.2, -0.15) is 4.39 Å². The lowest BCUT2D eigenvalue weighted by Crippen LogP contribution is -2.43. The number of rotatable bonds is 3. The quantitative estimate of drug-likeness (QED) is 0.768. The van der Waals surface area contributed by atoms with E-state index in [-0.39, 0.29) is 0 Å². The van der Waals surface area contributed by atoms with E-state index in [1.54, 1.807) is 12.3 Å². The molecule has 1 saturated heterocycles. The molecule has 1 saturated carbocycles. The Morgan fingerprint density at radius 3 is 2.67 bits per heavy atom. The fourth-order valence-electron chi connectivity index (χ4n) is 3.36. The standard InChI is InChI=1S/C14H19FN2O/c1-17-7-11-3-4-12(8-17)14(11)18-9-10-2-5-13(15)16-6-10/h2,5-6,11-12,14H,3-4,7-9H2,1H3/t11-,12+,14?. The molecule has 2 fully saturated rings. The first-order valence-corrected chi connectivity index (χ1v) is 6.63. The summed E-state index contributed by atoms with van der Waals surface area (Å²) in [6.45, 7) is 2.83. The van der Waals surface area contributed by atoms with E-state index in [0.717, 1.165) is 18.7 Å². The van der Waals surface area contributed by atoms with Gasteiger partial charge in [0.25, 0.3) is 0 Å². The van der Waals surface area contributed by atoms with Crippen LogP contribution in [0.1, 0.15) is 18.4 Å². The molecule has 0 aromatic carbocycles. The van der Waals surface area contributed by atoms with Crippen LogP contribution in [0.4, 0.5) is 4.39 Å². The molecule has 0 spiro atoms. The summed E-state index contributed by atoms with van der Waals surface area (Å²) in [7, 11) is 2.19. The summed E-state index contributed by atoms with van der Waals surface area (Å²) >= 11 is 0. The van der Waals surface area contributed by atoms with Crippen molar-refractivity contribution in [2.24, 2.45) is 11.8 Å². The largest absolute Gasteiger partial charge is 0.373 e. The van der Waals surface area contributed by atoms with Crippen LogP contribution in [0.15, 0.2) is 18.3 Å². The summed E-state index contributed by atoms with van der Waals surface area (Å²) < 4.78 is 18.8. The van der Waals surface area contributed by atoms with Crippen LogP contribution >= 0.6 is 0 Å². The predicted molar refractivity (Wildman–Crippen MR) is 66.5 cm³/mol. The number of aromatic nitrogens is 1. The van der Waals surface area contributed by atoms with E-state index in [4.69, 9.17) is 4.74 Å². The second-order valence-electron chi connectivity index (χ2n) is 5.58. The first-order valence-electron chi connectivity index (χ1n) is 6.63. The number of fused-ring (bicyclic) bond motifs is 2. The van der Waals surface area contributed by atoms with Gasteiger partial charge in [-0.05, 0) is 43.4 Å². The van der Waals surface area contributed by atoms with Gasteiger partial charge in [-0.15, -0.1) is 0 Å². The number of ether oxygens (including phenoxy) is 1. The summed E-state index contributed by atoms with van der Waals surface area (Å²) in [5.74, 6) is 0.905. The van der Waals surface area contributed by atoms with Crippen LogP contribution in [-0.2, 0) is 11.3 Å². The van der Waals surface area contributed by atoms with Gasteiger partial charge in [0.1, 0.15) is 0 Å². The van der Waals surface area contributed by atoms with Gasteiger partial charge in [0.05, 0.1) is 12.7 Å². The van der Waals surface area contributed by atoms with E-state index in [1.807, 2.05) is 0 Å². The Bertz CT molecular complexity index is 395. The minimum Gasteiger partial charge on any atom is -0.373 e. The van der Waals surface area contributed by atoms with Crippen LogP contribution in [0.3, 0.4) is 0 Å². The second-order valence-corrected chi connectivity index (χ2v) is 5.58. The van der Waals surface area contributed by atoms with E-state index < -0.39 is 5.95 Å². The highest BCUT2D eigenvalue weighted by Crippen LogP contribution is 2.38. The Morgan fingerprint density at radius 2 is 2.06 bits per heavy atom. The average molecular weight is 250 g/mol. The zero-order valence-corrected chi connectivity index (χ0v) is 10.7. The van der Waals surface area contributed by atoms with Crippen molar-refractivity contribution in [3.63, 3.8) is 0 Å². The van der Waals surface area contributed by atoms with Crippen molar-refractivity contribution in [1.29, 1.82) is 0 Å². The molecule has 0 amide bonds. The molecule has 0 radical (unpaired) electrons. The van der Waals surface area contributed by atoms with Gasteiger partial charge in [0.2, 0.25) is 5.95 Å². The van der Waals surface area contributed by atoms with Crippen LogP contribution in [0, 0.1) is 17.8 Å². The summed E-state index contributed by atoms with van der Waals surface area (Å²) in [5.41, 5.74) is 0.953. The third kappa shape index (κ3) is 2.40. The lowest BCUT2D eigenvalue weighted by Gasteiger charge is -2.35. The normalized spacial score (nSPS) is 31.8. The molecule has 1 aromatic rings. The maximum Gasteiger partial charge on any atom is 0.212 e. The molecule has 2 aliphatic rings. The van der Waals surface area contributed by atoms with Crippen molar-refractivity contribution in [2.45, 2.75) is 25.6 Å². The van der Waals surface area contributed by atoms with Gasteiger partial charge in [-0.25, -0.2) is 4.98 Å². The molecule has 3 nitrogen and oxygen atoms in total. The minimum atomic E-state index is -0.432. The van der Waals surface area contributed by atoms with Gasteiger partial charge in [-0.1, -0.05) is 6.07 Å². The van der Waals surface area contributed by atoms with Gasteiger partial charge in [-0.3, -0.25) is 0 Å². The first-order chi connectivity index (χ1) is 8.72. The van der Waals surface area contributed by atoms with E-state index in [0.29, 0.717) is 24.5 Å². The minimum absolute atomic E-state index is 0.381. The highest BCUT2D eigenvalue weighted by molar-refractivity contribution is 5.08. The number of hydrogen-bond donors (Lipinski definition) is 0. The van der Waals surface area contributed by atoms with Crippen LogP contribution in [0.5, 0.6) is 0 Å². The number of piperidine rings is 1. The Labute approximate surface area is 107 Å². The maximum atomic E-state index is 12.7. The Morgan fingerprint density at radius 1 is 1.33 bits per heavy atom. The SMILES string of the molecule is CN1C[C@H]2CC[C@@H](C1)C2OCc1ccc(F)nc1. The smallest absolute Gasteiger partial charge is 0.212 e. The average Bonchev–Trinajstić information content (AvgIpc) is 2.60. The highest BCUT2D eigenvalue weighted by Gasteiger charge is 2.41. The molecule has 0 N–H and O–H groups in total. The van der Waals surface area contributed by atoms with Gasteiger partial charge in [0, 0.05) is 19.3 Å². The van der Waals surface area contributed by atoms with Gasteiger partial charge >= 0.3 is 0 Å². The lowest BCUT2D eigenvalue weighted by molar-refractivity contribution is -0.0460. The number of pyridine rings is 1. The first kappa shape index (κ1) is 12.1. The van der Waals surface area contributed by atoms with Crippen molar-refractivity contribution < 1.29 is 9.13 Å². The number of hydrogen-bond acceptors (Lipinski definition) is 3. The molecular weight excluding hydrogens is 231 g/mol. The second kappa shape index (κ2) is 4.94. The summed E-state index contributed by atoms with van der Waals surface area (Å²) in [4.78, 5) is 6.06. The summed E-state index contributed by atoms with van der Waals surface area (Å²) in [6, 6.07) is 3.14. The number of nitrogens with zero attached hydrogens (tertiary/aromatic N) is 2. The van der Waals surface area contributed by atoms with Crippen molar-refractivity contribution in [3.05, 3.63) is 29.8 Å². The third-order valence-corrected chi connectivity index (χ3v) is 4.16. The molecule has 1 unspecified atom stereocenters. The number of likely N-dealkylation sites (tertiary alicyclic amines) is 1. The fraction of sp³-hybridized carbons (Fsp3) is 0.643. The van der Waals surface area contributed by atoms with E-state index in [9.17, 15) is 4.39 Å². The molecule has 3 atom stereocenters. The summed E-state index contributed by atoms with van der Waals surface area (Å²) in [6.07, 6.45) is 4.50.